The molecule has 134 valence electrons. The summed E-state index contributed by atoms with van der Waals surface area (Å²) in [5, 5.41) is 5.51. The Kier molecular flexibility index (Phi) is 5.19. The third kappa shape index (κ3) is 3.75. The molecular weight excluding hydrogens is 318 g/mol. The minimum atomic E-state index is 0.177. The number of hydrogen-bond donors (Lipinski definition) is 1. The number of carbonyl (C=O) groups is 1. The van der Waals surface area contributed by atoms with Crippen molar-refractivity contribution in [2.45, 2.75) is 38.5 Å². The van der Waals surface area contributed by atoms with Gasteiger partial charge in [0.25, 0.3) is 0 Å². The Balaban J connectivity index is 1.47. The Labute approximate surface area is 156 Å². The third-order valence-electron chi connectivity index (χ3n) is 5.85. The highest BCUT2D eigenvalue weighted by Crippen LogP contribution is 2.52. The van der Waals surface area contributed by atoms with E-state index in [2.05, 4.69) is 47.8 Å². The maximum atomic E-state index is 13.0. The molecule has 2 nitrogen and oxygen atoms in total. The minimum absolute atomic E-state index is 0.177. The van der Waals surface area contributed by atoms with Crippen molar-refractivity contribution in [3.05, 3.63) is 66.8 Å². The molecule has 1 saturated carbocycles. The predicted octanol–water partition coefficient (Wildman–Crippen LogP) is 6.11. The number of anilines is 1. The summed E-state index contributed by atoms with van der Waals surface area (Å²) in [5.74, 6) is 1.47. The summed E-state index contributed by atoms with van der Waals surface area (Å²) in [7, 11) is 0. The van der Waals surface area contributed by atoms with E-state index < -0.39 is 0 Å². The van der Waals surface area contributed by atoms with E-state index in [0.717, 1.165) is 49.6 Å². The molecular formula is C24H27NO. The van der Waals surface area contributed by atoms with Crippen molar-refractivity contribution >= 4 is 22.4 Å². The van der Waals surface area contributed by atoms with Gasteiger partial charge in [0.2, 0.25) is 5.91 Å². The Morgan fingerprint density at radius 3 is 2.12 bits per heavy atom. The maximum absolute atomic E-state index is 13.0. The first-order valence-electron chi connectivity index (χ1n) is 9.93. The van der Waals surface area contributed by atoms with Crippen LogP contribution in [0.1, 0.15) is 38.5 Å². The summed E-state index contributed by atoms with van der Waals surface area (Å²) >= 11 is 0. The molecule has 1 fully saturated rings. The lowest BCUT2D eigenvalue weighted by Crippen LogP contribution is -2.16. The van der Waals surface area contributed by atoms with Crippen LogP contribution >= 0.6 is 0 Å². The maximum Gasteiger partial charge on any atom is 0.228 e. The van der Waals surface area contributed by atoms with Crippen molar-refractivity contribution in [1.29, 1.82) is 0 Å². The summed E-state index contributed by atoms with van der Waals surface area (Å²) in [6.45, 7) is 0. The van der Waals surface area contributed by atoms with E-state index in [1.165, 1.54) is 5.39 Å². The highest BCUT2D eigenvalue weighted by Gasteiger charge is 2.52. The molecule has 26 heavy (non-hydrogen) atoms. The number of benzene rings is 2. The summed E-state index contributed by atoms with van der Waals surface area (Å²) in [6, 6.07) is 14.4. The number of allylic oxidation sites excluding steroid dienone is 4. The molecule has 4 rings (SSSR count). The van der Waals surface area contributed by atoms with E-state index in [4.69, 9.17) is 0 Å². The van der Waals surface area contributed by atoms with Gasteiger partial charge in [-0.05, 0) is 61.8 Å². The summed E-state index contributed by atoms with van der Waals surface area (Å²) < 4.78 is 0. The van der Waals surface area contributed by atoms with Gasteiger partial charge in [0.05, 0.1) is 0 Å². The predicted molar refractivity (Wildman–Crippen MR) is 109 cm³/mol. The Morgan fingerprint density at radius 2 is 1.38 bits per heavy atom. The van der Waals surface area contributed by atoms with E-state index >= 15 is 0 Å². The fourth-order valence-electron chi connectivity index (χ4n) is 4.41. The number of rotatable bonds is 2. The van der Waals surface area contributed by atoms with Gasteiger partial charge >= 0.3 is 0 Å². The second-order valence-electron chi connectivity index (χ2n) is 7.54. The second-order valence-corrected chi connectivity index (χ2v) is 7.54. The molecule has 0 aromatic heterocycles. The summed E-state index contributed by atoms with van der Waals surface area (Å²) in [4.78, 5) is 13.0. The van der Waals surface area contributed by atoms with Gasteiger partial charge in [0.15, 0.2) is 0 Å². The van der Waals surface area contributed by atoms with E-state index in [1.54, 1.807) is 0 Å². The molecule has 2 aliphatic carbocycles. The van der Waals surface area contributed by atoms with Crippen LogP contribution in [0.5, 0.6) is 0 Å². The topological polar surface area (TPSA) is 29.1 Å². The Morgan fingerprint density at radius 1 is 0.769 bits per heavy atom. The lowest BCUT2D eigenvalue weighted by atomic mass is 10.1. The summed E-state index contributed by atoms with van der Waals surface area (Å²) in [6.07, 6.45) is 15.9. The third-order valence-corrected chi connectivity index (χ3v) is 5.85. The lowest BCUT2D eigenvalue weighted by Gasteiger charge is -2.09. The molecule has 0 spiro atoms. The average Bonchev–Trinajstić information content (AvgIpc) is 3.34. The zero-order valence-corrected chi connectivity index (χ0v) is 15.2. The quantitative estimate of drug-likeness (QED) is 0.654. The van der Waals surface area contributed by atoms with Crippen molar-refractivity contribution in [2.24, 2.45) is 17.8 Å². The first-order valence-corrected chi connectivity index (χ1v) is 9.93. The highest BCUT2D eigenvalue weighted by molar-refractivity contribution is 6.03. The molecule has 2 heteroatoms. The van der Waals surface area contributed by atoms with Crippen LogP contribution in [0.15, 0.2) is 66.8 Å². The van der Waals surface area contributed by atoms with E-state index in [9.17, 15) is 4.79 Å². The van der Waals surface area contributed by atoms with Crippen molar-refractivity contribution in [2.75, 3.05) is 5.32 Å². The van der Waals surface area contributed by atoms with E-state index in [0.29, 0.717) is 11.8 Å². The largest absolute Gasteiger partial charge is 0.325 e. The highest BCUT2D eigenvalue weighted by atomic mass is 16.2. The molecule has 2 atom stereocenters. The Bertz CT molecular complexity index is 806. The van der Waals surface area contributed by atoms with Gasteiger partial charge in [-0.1, -0.05) is 60.7 Å². The molecule has 2 aromatic rings. The van der Waals surface area contributed by atoms with Crippen LogP contribution < -0.4 is 5.32 Å². The Hall–Kier alpha value is -2.35. The van der Waals surface area contributed by atoms with Crippen molar-refractivity contribution in [1.82, 2.24) is 0 Å². The fraction of sp³-hybridized carbons (Fsp3) is 0.375. The lowest BCUT2D eigenvalue weighted by molar-refractivity contribution is -0.117. The zero-order chi connectivity index (χ0) is 17.8. The summed E-state index contributed by atoms with van der Waals surface area (Å²) in [5.41, 5.74) is 0.940. The molecule has 1 N–H and O–H groups in total. The molecule has 0 bridgehead atoms. The van der Waals surface area contributed by atoms with E-state index in [1.807, 2.05) is 24.3 Å². The van der Waals surface area contributed by atoms with Crippen LogP contribution in [0.25, 0.3) is 10.8 Å². The van der Waals surface area contributed by atoms with Crippen LogP contribution in [0.3, 0.4) is 0 Å². The van der Waals surface area contributed by atoms with Gasteiger partial charge in [0, 0.05) is 17.0 Å². The van der Waals surface area contributed by atoms with Gasteiger partial charge < -0.3 is 5.32 Å². The normalized spacial score (nSPS) is 28.2. The number of fused-ring (bicyclic) bond motifs is 2. The van der Waals surface area contributed by atoms with Gasteiger partial charge in [0.1, 0.15) is 0 Å². The zero-order valence-electron chi connectivity index (χ0n) is 15.2. The number of amides is 1. The molecule has 0 aliphatic heterocycles. The van der Waals surface area contributed by atoms with Gasteiger partial charge in [-0.3, -0.25) is 4.79 Å². The first-order chi connectivity index (χ1) is 12.8. The van der Waals surface area contributed by atoms with Gasteiger partial charge in [-0.25, -0.2) is 0 Å². The SMILES string of the molecule is O=C(Nc1cccc2ccccc12)C1C2CC/C=C\CC/C=C\CCC21. The molecule has 2 aliphatic rings. The molecule has 2 aromatic carbocycles. The van der Waals surface area contributed by atoms with E-state index in [-0.39, 0.29) is 11.8 Å². The van der Waals surface area contributed by atoms with Crippen LogP contribution in [-0.4, -0.2) is 5.91 Å². The minimum Gasteiger partial charge on any atom is -0.325 e. The van der Waals surface area contributed by atoms with Crippen LogP contribution in [0.4, 0.5) is 5.69 Å². The van der Waals surface area contributed by atoms with Gasteiger partial charge in [-0.2, -0.15) is 0 Å². The molecule has 0 saturated heterocycles. The van der Waals surface area contributed by atoms with Crippen molar-refractivity contribution in [3.63, 3.8) is 0 Å². The van der Waals surface area contributed by atoms with Crippen LogP contribution in [-0.2, 0) is 4.79 Å². The van der Waals surface area contributed by atoms with Crippen molar-refractivity contribution in [3.8, 4) is 0 Å². The average molecular weight is 345 g/mol. The van der Waals surface area contributed by atoms with Crippen LogP contribution in [0.2, 0.25) is 0 Å². The standard InChI is InChI=1S/C24H27NO/c26-24(25-22-17-11-13-18-12-9-10-14-19(18)22)23-20-15-7-5-3-1-2-4-6-8-16-21(20)23/h3-6,9-14,17,20-21,23H,1-2,7-8,15-16H2,(H,25,26)/b5-3-,6-4-. The van der Waals surface area contributed by atoms with Gasteiger partial charge in [-0.15, -0.1) is 0 Å². The number of hydrogen-bond acceptors (Lipinski definition) is 1. The number of nitrogens with one attached hydrogen (secondary N) is 1. The molecule has 1 amide bonds. The van der Waals surface area contributed by atoms with Crippen LogP contribution in [0, 0.1) is 17.8 Å². The second kappa shape index (κ2) is 7.90. The smallest absolute Gasteiger partial charge is 0.228 e. The monoisotopic (exact) mass is 345 g/mol. The number of carbonyl (C=O) groups excluding carboxylic acids is 1. The fourth-order valence-corrected chi connectivity index (χ4v) is 4.41. The molecule has 2 unspecified atom stereocenters. The molecule has 0 heterocycles. The molecule has 0 radical (unpaired) electrons. The van der Waals surface area contributed by atoms with Crippen molar-refractivity contribution < 1.29 is 4.79 Å². The first kappa shape index (κ1) is 17.1.